The summed E-state index contributed by atoms with van der Waals surface area (Å²) < 4.78 is 4.84. The van der Waals surface area contributed by atoms with Crippen molar-refractivity contribution < 1.29 is 19.2 Å². The van der Waals surface area contributed by atoms with Crippen molar-refractivity contribution in [2.45, 2.75) is 26.8 Å². The number of rotatable bonds is 4. The SMILES string of the molecule is Cc1cc(C(=O)NC(C(=O)O)c2cccc(C)c2C)on1. The van der Waals surface area contributed by atoms with E-state index in [4.69, 9.17) is 4.52 Å². The molecule has 0 bridgehead atoms. The average Bonchev–Trinajstić information content (AvgIpc) is 2.86. The first-order chi connectivity index (χ1) is 9.90. The Hall–Kier alpha value is -2.63. The van der Waals surface area contributed by atoms with Crippen molar-refractivity contribution in [2.24, 2.45) is 0 Å². The van der Waals surface area contributed by atoms with Gasteiger partial charge >= 0.3 is 5.97 Å². The zero-order valence-corrected chi connectivity index (χ0v) is 12.0. The van der Waals surface area contributed by atoms with E-state index in [0.29, 0.717) is 11.3 Å². The van der Waals surface area contributed by atoms with Crippen LogP contribution in [0.1, 0.15) is 39.0 Å². The summed E-state index contributed by atoms with van der Waals surface area (Å²) in [6.07, 6.45) is 0. The first-order valence-electron chi connectivity index (χ1n) is 6.43. The molecule has 2 aromatic rings. The lowest BCUT2D eigenvalue weighted by Crippen LogP contribution is -2.34. The smallest absolute Gasteiger partial charge is 0.330 e. The third-order valence-corrected chi connectivity index (χ3v) is 3.33. The fourth-order valence-electron chi connectivity index (χ4n) is 2.03. The number of benzene rings is 1. The van der Waals surface area contributed by atoms with Gasteiger partial charge in [0.05, 0.1) is 5.69 Å². The van der Waals surface area contributed by atoms with Gasteiger partial charge in [-0.2, -0.15) is 0 Å². The summed E-state index contributed by atoms with van der Waals surface area (Å²) in [5.41, 5.74) is 2.90. The number of aromatic nitrogens is 1. The number of carbonyl (C=O) groups is 2. The lowest BCUT2D eigenvalue weighted by molar-refractivity contribution is -0.139. The van der Waals surface area contributed by atoms with Gasteiger partial charge in [0.2, 0.25) is 5.76 Å². The average molecular weight is 288 g/mol. The maximum Gasteiger partial charge on any atom is 0.330 e. The van der Waals surface area contributed by atoms with E-state index in [2.05, 4.69) is 10.5 Å². The van der Waals surface area contributed by atoms with Crippen molar-refractivity contribution in [3.63, 3.8) is 0 Å². The van der Waals surface area contributed by atoms with E-state index < -0.39 is 17.9 Å². The zero-order chi connectivity index (χ0) is 15.6. The molecule has 6 nitrogen and oxygen atoms in total. The van der Waals surface area contributed by atoms with E-state index in [1.807, 2.05) is 19.9 Å². The maximum absolute atomic E-state index is 12.0. The Morgan fingerprint density at radius 3 is 2.57 bits per heavy atom. The van der Waals surface area contributed by atoms with Gasteiger partial charge in [-0.15, -0.1) is 0 Å². The van der Waals surface area contributed by atoms with Crippen molar-refractivity contribution in [2.75, 3.05) is 0 Å². The first kappa shape index (κ1) is 14.8. The van der Waals surface area contributed by atoms with E-state index in [-0.39, 0.29) is 5.76 Å². The Balaban J connectivity index is 2.30. The third-order valence-electron chi connectivity index (χ3n) is 3.33. The molecule has 1 atom stereocenters. The standard InChI is InChI=1S/C15H16N2O4/c1-8-5-4-6-11(10(8)3)13(15(19)20)16-14(18)12-7-9(2)17-21-12/h4-7,13H,1-3H3,(H,16,18)(H,19,20). The molecule has 6 heteroatoms. The van der Waals surface area contributed by atoms with Gasteiger partial charge < -0.3 is 14.9 Å². The molecule has 1 heterocycles. The van der Waals surface area contributed by atoms with Crippen LogP contribution in [0.3, 0.4) is 0 Å². The van der Waals surface area contributed by atoms with Crippen LogP contribution in [0.25, 0.3) is 0 Å². The van der Waals surface area contributed by atoms with E-state index in [9.17, 15) is 14.7 Å². The van der Waals surface area contributed by atoms with Crippen molar-refractivity contribution >= 4 is 11.9 Å². The second kappa shape index (κ2) is 5.78. The van der Waals surface area contributed by atoms with Crippen LogP contribution in [0.4, 0.5) is 0 Å². The maximum atomic E-state index is 12.0. The summed E-state index contributed by atoms with van der Waals surface area (Å²) in [7, 11) is 0. The number of hydrogen-bond acceptors (Lipinski definition) is 4. The fourth-order valence-corrected chi connectivity index (χ4v) is 2.03. The highest BCUT2D eigenvalue weighted by Gasteiger charge is 2.26. The minimum absolute atomic E-state index is 0.0101. The number of carbonyl (C=O) groups excluding carboxylic acids is 1. The Bertz CT molecular complexity index is 691. The van der Waals surface area contributed by atoms with Crippen LogP contribution in [0.2, 0.25) is 0 Å². The van der Waals surface area contributed by atoms with Crippen LogP contribution in [0, 0.1) is 20.8 Å². The number of aliphatic carboxylic acids is 1. The van der Waals surface area contributed by atoms with Gasteiger partial charge in [0.25, 0.3) is 5.91 Å². The van der Waals surface area contributed by atoms with Crippen LogP contribution in [0.5, 0.6) is 0 Å². The highest BCUT2D eigenvalue weighted by molar-refractivity contribution is 5.94. The lowest BCUT2D eigenvalue weighted by Gasteiger charge is -2.17. The molecule has 1 unspecified atom stereocenters. The fraction of sp³-hybridized carbons (Fsp3) is 0.267. The molecule has 0 saturated carbocycles. The molecule has 2 rings (SSSR count). The molecule has 21 heavy (non-hydrogen) atoms. The number of nitrogens with one attached hydrogen (secondary N) is 1. The monoisotopic (exact) mass is 288 g/mol. The van der Waals surface area contributed by atoms with Crippen LogP contribution < -0.4 is 5.32 Å². The number of amides is 1. The number of hydrogen-bond donors (Lipinski definition) is 2. The van der Waals surface area contributed by atoms with Crippen LogP contribution in [-0.2, 0) is 4.79 Å². The van der Waals surface area contributed by atoms with E-state index >= 15 is 0 Å². The highest BCUT2D eigenvalue weighted by Crippen LogP contribution is 2.21. The van der Waals surface area contributed by atoms with E-state index in [1.165, 1.54) is 6.07 Å². The molecule has 0 fully saturated rings. The lowest BCUT2D eigenvalue weighted by atomic mass is 9.97. The van der Waals surface area contributed by atoms with E-state index in [1.54, 1.807) is 19.1 Å². The molecular weight excluding hydrogens is 272 g/mol. The Kier molecular flexibility index (Phi) is 4.07. The van der Waals surface area contributed by atoms with Gasteiger partial charge in [-0.3, -0.25) is 4.79 Å². The molecule has 0 radical (unpaired) electrons. The zero-order valence-electron chi connectivity index (χ0n) is 12.0. The van der Waals surface area contributed by atoms with Gasteiger partial charge in [-0.05, 0) is 37.5 Å². The largest absolute Gasteiger partial charge is 0.479 e. The second-order valence-corrected chi connectivity index (χ2v) is 4.87. The molecule has 1 aromatic carbocycles. The van der Waals surface area contributed by atoms with Crippen molar-refractivity contribution in [1.29, 1.82) is 0 Å². The second-order valence-electron chi connectivity index (χ2n) is 4.87. The van der Waals surface area contributed by atoms with Crippen LogP contribution in [0.15, 0.2) is 28.8 Å². The topological polar surface area (TPSA) is 92.4 Å². The predicted octanol–water partition coefficient (Wildman–Crippen LogP) is 2.16. The van der Waals surface area contributed by atoms with Gasteiger partial charge in [0.1, 0.15) is 0 Å². The molecular formula is C15H16N2O4. The molecule has 1 aromatic heterocycles. The molecule has 2 N–H and O–H groups in total. The first-order valence-corrected chi connectivity index (χ1v) is 6.43. The number of carboxylic acids is 1. The molecule has 0 aliphatic carbocycles. The van der Waals surface area contributed by atoms with Crippen molar-refractivity contribution in [3.05, 3.63) is 52.4 Å². The van der Waals surface area contributed by atoms with Gasteiger partial charge in [0.15, 0.2) is 6.04 Å². The van der Waals surface area contributed by atoms with Crippen LogP contribution >= 0.6 is 0 Å². The minimum atomic E-state index is -1.14. The Morgan fingerprint density at radius 1 is 1.29 bits per heavy atom. The number of aryl methyl sites for hydroxylation is 2. The van der Waals surface area contributed by atoms with Gasteiger partial charge in [-0.25, -0.2) is 4.79 Å². The summed E-state index contributed by atoms with van der Waals surface area (Å²) in [5.74, 6) is -1.75. The summed E-state index contributed by atoms with van der Waals surface area (Å²) in [5, 5.41) is 15.5. The number of nitrogens with zero attached hydrogens (tertiary/aromatic N) is 1. The molecule has 0 saturated heterocycles. The normalized spacial score (nSPS) is 12.0. The molecule has 110 valence electrons. The summed E-state index contributed by atoms with van der Waals surface area (Å²) in [4.78, 5) is 23.5. The van der Waals surface area contributed by atoms with Crippen LogP contribution in [-0.4, -0.2) is 22.1 Å². The summed E-state index contributed by atoms with van der Waals surface area (Å²) in [6.45, 7) is 5.39. The van der Waals surface area contributed by atoms with Gasteiger partial charge in [0, 0.05) is 6.07 Å². The molecule has 0 spiro atoms. The minimum Gasteiger partial charge on any atom is -0.479 e. The highest BCUT2D eigenvalue weighted by atomic mass is 16.5. The Morgan fingerprint density at radius 2 is 2.00 bits per heavy atom. The summed E-state index contributed by atoms with van der Waals surface area (Å²) in [6, 6.07) is 5.66. The molecule has 0 aliphatic heterocycles. The molecule has 1 amide bonds. The van der Waals surface area contributed by atoms with Crippen molar-refractivity contribution in [3.8, 4) is 0 Å². The van der Waals surface area contributed by atoms with Crippen molar-refractivity contribution in [1.82, 2.24) is 10.5 Å². The predicted molar refractivity (Wildman–Crippen MR) is 75.0 cm³/mol. The summed E-state index contributed by atoms with van der Waals surface area (Å²) >= 11 is 0. The van der Waals surface area contributed by atoms with Gasteiger partial charge in [-0.1, -0.05) is 23.4 Å². The quantitative estimate of drug-likeness (QED) is 0.899. The Labute approximate surface area is 121 Å². The third kappa shape index (κ3) is 3.10. The van der Waals surface area contributed by atoms with E-state index in [0.717, 1.165) is 11.1 Å². The molecule has 0 aliphatic rings. The number of carboxylic acid groups (broad SMARTS) is 1.